The number of ether oxygens (including phenoxy) is 2. The van der Waals surface area contributed by atoms with E-state index in [0.29, 0.717) is 18.2 Å². The van der Waals surface area contributed by atoms with Gasteiger partial charge in [-0.3, -0.25) is 0 Å². The van der Waals surface area contributed by atoms with Crippen molar-refractivity contribution in [3.8, 4) is 5.75 Å². The SMILES string of the molecule is CC(C)(C)OC(=O)NCCOc1ccc(Cl)cc1I. The fourth-order valence-corrected chi connectivity index (χ4v) is 2.25. The second kappa shape index (κ2) is 7.19. The lowest BCUT2D eigenvalue weighted by molar-refractivity contribution is 0.0520. The lowest BCUT2D eigenvalue weighted by atomic mass is 10.2. The molecule has 1 amide bonds. The molecule has 19 heavy (non-hydrogen) atoms. The number of hydrogen-bond donors (Lipinski definition) is 1. The predicted octanol–water partition coefficient (Wildman–Crippen LogP) is 3.85. The highest BCUT2D eigenvalue weighted by molar-refractivity contribution is 14.1. The van der Waals surface area contributed by atoms with Crippen LogP contribution >= 0.6 is 34.2 Å². The number of nitrogens with one attached hydrogen (secondary N) is 1. The first-order chi connectivity index (χ1) is 8.78. The van der Waals surface area contributed by atoms with Crippen molar-refractivity contribution in [1.29, 1.82) is 0 Å². The van der Waals surface area contributed by atoms with Crippen LogP contribution in [0.5, 0.6) is 5.75 Å². The van der Waals surface area contributed by atoms with Gasteiger partial charge < -0.3 is 14.8 Å². The zero-order valence-corrected chi connectivity index (χ0v) is 14.0. The molecule has 0 aromatic heterocycles. The number of rotatable bonds is 4. The molecule has 1 aromatic rings. The van der Waals surface area contributed by atoms with Gasteiger partial charge in [-0.15, -0.1) is 0 Å². The normalized spacial score (nSPS) is 11.0. The Morgan fingerprint density at radius 3 is 2.68 bits per heavy atom. The molecule has 0 aliphatic carbocycles. The molecule has 1 rings (SSSR count). The van der Waals surface area contributed by atoms with Gasteiger partial charge in [-0.2, -0.15) is 0 Å². The maximum Gasteiger partial charge on any atom is 0.407 e. The van der Waals surface area contributed by atoms with E-state index >= 15 is 0 Å². The standard InChI is InChI=1S/C13H17ClINO3/c1-13(2,3)19-12(17)16-6-7-18-11-5-4-9(14)8-10(11)15/h4-5,8H,6-7H2,1-3H3,(H,16,17). The number of amides is 1. The van der Waals surface area contributed by atoms with Crippen molar-refractivity contribution in [2.45, 2.75) is 26.4 Å². The molecule has 0 radical (unpaired) electrons. The second-order valence-corrected chi connectivity index (χ2v) is 6.45. The Hall–Kier alpha value is -0.690. The Morgan fingerprint density at radius 2 is 2.11 bits per heavy atom. The highest BCUT2D eigenvalue weighted by atomic mass is 127. The van der Waals surface area contributed by atoms with Crippen molar-refractivity contribution < 1.29 is 14.3 Å². The third-order valence-corrected chi connectivity index (χ3v) is 3.00. The molecule has 1 N–H and O–H groups in total. The zero-order valence-electron chi connectivity index (χ0n) is 11.1. The van der Waals surface area contributed by atoms with Gasteiger partial charge in [-0.05, 0) is 61.6 Å². The summed E-state index contributed by atoms with van der Waals surface area (Å²) in [5.74, 6) is 0.746. The van der Waals surface area contributed by atoms with E-state index in [4.69, 9.17) is 21.1 Å². The fourth-order valence-electron chi connectivity index (χ4n) is 1.22. The number of carbonyl (C=O) groups is 1. The van der Waals surface area contributed by atoms with Crippen molar-refractivity contribution in [3.05, 3.63) is 26.8 Å². The molecule has 0 aliphatic rings. The molecule has 106 valence electrons. The lowest BCUT2D eigenvalue weighted by Gasteiger charge is -2.19. The van der Waals surface area contributed by atoms with Crippen LogP contribution in [0.1, 0.15) is 20.8 Å². The van der Waals surface area contributed by atoms with Gasteiger partial charge in [0.15, 0.2) is 0 Å². The molecule has 0 heterocycles. The smallest absolute Gasteiger partial charge is 0.407 e. The first-order valence-electron chi connectivity index (χ1n) is 5.82. The molecule has 6 heteroatoms. The van der Waals surface area contributed by atoms with E-state index in [1.54, 1.807) is 12.1 Å². The predicted molar refractivity (Wildman–Crippen MR) is 83.9 cm³/mol. The van der Waals surface area contributed by atoms with Crippen molar-refractivity contribution in [2.24, 2.45) is 0 Å². The van der Waals surface area contributed by atoms with E-state index in [9.17, 15) is 4.79 Å². The maximum atomic E-state index is 11.4. The summed E-state index contributed by atoms with van der Waals surface area (Å²) in [4.78, 5) is 11.4. The van der Waals surface area contributed by atoms with Gasteiger partial charge >= 0.3 is 6.09 Å². The van der Waals surface area contributed by atoms with Crippen LogP contribution in [-0.2, 0) is 4.74 Å². The minimum atomic E-state index is -0.490. The number of alkyl carbamates (subject to hydrolysis) is 1. The Bertz CT molecular complexity index is 446. The molecule has 0 fully saturated rings. The van der Waals surface area contributed by atoms with E-state index in [0.717, 1.165) is 9.32 Å². The molecule has 4 nitrogen and oxygen atoms in total. The van der Waals surface area contributed by atoms with Gasteiger partial charge in [-0.25, -0.2) is 4.79 Å². The van der Waals surface area contributed by atoms with Crippen LogP contribution < -0.4 is 10.1 Å². The summed E-state index contributed by atoms with van der Waals surface area (Å²) in [5.41, 5.74) is -0.490. The van der Waals surface area contributed by atoms with Crippen LogP contribution in [0.3, 0.4) is 0 Å². The van der Waals surface area contributed by atoms with Crippen molar-refractivity contribution in [2.75, 3.05) is 13.2 Å². The number of benzene rings is 1. The summed E-state index contributed by atoms with van der Waals surface area (Å²) in [7, 11) is 0. The van der Waals surface area contributed by atoms with Crippen molar-refractivity contribution in [3.63, 3.8) is 0 Å². The first-order valence-corrected chi connectivity index (χ1v) is 7.28. The monoisotopic (exact) mass is 397 g/mol. The van der Waals surface area contributed by atoms with Gasteiger partial charge in [0.05, 0.1) is 10.1 Å². The molecular weight excluding hydrogens is 381 g/mol. The van der Waals surface area contributed by atoms with Crippen molar-refractivity contribution >= 4 is 40.3 Å². The molecule has 0 aliphatic heterocycles. The molecule has 0 bridgehead atoms. The minimum Gasteiger partial charge on any atom is -0.491 e. The summed E-state index contributed by atoms with van der Waals surface area (Å²) in [6, 6.07) is 5.39. The molecule has 0 unspecified atom stereocenters. The maximum absolute atomic E-state index is 11.4. The third-order valence-electron chi connectivity index (χ3n) is 1.92. The highest BCUT2D eigenvalue weighted by Crippen LogP contribution is 2.24. The fraction of sp³-hybridized carbons (Fsp3) is 0.462. The average molecular weight is 398 g/mol. The largest absolute Gasteiger partial charge is 0.491 e. The highest BCUT2D eigenvalue weighted by Gasteiger charge is 2.15. The van der Waals surface area contributed by atoms with E-state index in [-0.39, 0.29) is 0 Å². The lowest BCUT2D eigenvalue weighted by Crippen LogP contribution is -2.34. The second-order valence-electron chi connectivity index (χ2n) is 4.85. The summed E-state index contributed by atoms with van der Waals surface area (Å²) in [5, 5.41) is 3.30. The number of carbonyl (C=O) groups excluding carboxylic acids is 1. The van der Waals surface area contributed by atoms with Gasteiger partial charge in [0.2, 0.25) is 0 Å². The molecule has 0 atom stereocenters. The Balaban J connectivity index is 2.29. The topological polar surface area (TPSA) is 47.6 Å². The van der Waals surface area contributed by atoms with Gasteiger partial charge in [0.1, 0.15) is 18.0 Å². The van der Waals surface area contributed by atoms with Crippen LogP contribution in [0, 0.1) is 3.57 Å². The molecule has 0 saturated heterocycles. The Morgan fingerprint density at radius 1 is 1.42 bits per heavy atom. The van der Waals surface area contributed by atoms with E-state index in [2.05, 4.69) is 27.9 Å². The molecule has 1 aromatic carbocycles. The molecule has 0 saturated carbocycles. The summed E-state index contributed by atoms with van der Waals surface area (Å²) < 4.78 is 11.6. The minimum absolute atomic E-state index is 0.372. The third kappa shape index (κ3) is 6.87. The zero-order chi connectivity index (χ0) is 14.5. The Kier molecular flexibility index (Phi) is 6.19. The van der Waals surface area contributed by atoms with Gasteiger partial charge in [0.25, 0.3) is 0 Å². The van der Waals surface area contributed by atoms with E-state index in [1.165, 1.54) is 0 Å². The van der Waals surface area contributed by atoms with E-state index < -0.39 is 11.7 Å². The molecule has 0 spiro atoms. The average Bonchev–Trinajstić information content (AvgIpc) is 2.24. The first kappa shape index (κ1) is 16.4. The van der Waals surface area contributed by atoms with Gasteiger partial charge in [0, 0.05) is 5.02 Å². The van der Waals surface area contributed by atoms with E-state index in [1.807, 2.05) is 26.8 Å². The van der Waals surface area contributed by atoms with Crippen LogP contribution in [0.15, 0.2) is 18.2 Å². The van der Waals surface area contributed by atoms with Crippen LogP contribution in [0.2, 0.25) is 5.02 Å². The van der Waals surface area contributed by atoms with Gasteiger partial charge in [-0.1, -0.05) is 11.6 Å². The molecular formula is C13H17ClINO3. The van der Waals surface area contributed by atoms with Crippen LogP contribution in [0.25, 0.3) is 0 Å². The Labute approximate surface area is 131 Å². The quantitative estimate of drug-likeness (QED) is 0.620. The van der Waals surface area contributed by atoms with Crippen molar-refractivity contribution in [1.82, 2.24) is 5.32 Å². The summed E-state index contributed by atoms with van der Waals surface area (Å²) in [6.45, 7) is 6.21. The summed E-state index contributed by atoms with van der Waals surface area (Å²) in [6.07, 6.45) is -0.443. The number of hydrogen-bond acceptors (Lipinski definition) is 3. The van der Waals surface area contributed by atoms with Crippen LogP contribution in [-0.4, -0.2) is 24.8 Å². The van der Waals surface area contributed by atoms with Crippen LogP contribution in [0.4, 0.5) is 4.79 Å². The summed E-state index contributed by atoms with van der Waals surface area (Å²) >= 11 is 7.99. The number of halogens is 2.